The van der Waals surface area contributed by atoms with E-state index >= 15 is 0 Å². The number of fused-ring (bicyclic) bond motifs is 1. The van der Waals surface area contributed by atoms with E-state index in [1.807, 2.05) is 22.8 Å². The van der Waals surface area contributed by atoms with Crippen LogP contribution in [0.2, 0.25) is 0 Å². The predicted molar refractivity (Wildman–Crippen MR) is 81.6 cm³/mol. The topological polar surface area (TPSA) is 41.4 Å². The van der Waals surface area contributed by atoms with E-state index in [2.05, 4.69) is 16.1 Å². The van der Waals surface area contributed by atoms with Crippen LogP contribution >= 0.6 is 0 Å². The Balaban J connectivity index is 1.70. The smallest absolute Gasteiger partial charge is 0.219 e. The lowest BCUT2D eigenvalue weighted by atomic mass is 9.88. The van der Waals surface area contributed by atoms with Crippen molar-refractivity contribution in [3.8, 4) is 0 Å². The summed E-state index contributed by atoms with van der Waals surface area (Å²) < 4.78 is 2.02. The first-order valence-corrected chi connectivity index (χ1v) is 8.10. The van der Waals surface area contributed by atoms with Crippen LogP contribution in [-0.4, -0.2) is 50.9 Å². The van der Waals surface area contributed by atoms with Crippen LogP contribution in [0.1, 0.15) is 38.3 Å². The number of amides is 1. The van der Waals surface area contributed by atoms with Crippen LogP contribution in [0.5, 0.6) is 0 Å². The van der Waals surface area contributed by atoms with Crippen molar-refractivity contribution in [1.82, 2.24) is 19.4 Å². The lowest BCUT2D eigenvalue weighted by molar-refractivity contribution is -0.131. The summed E-state index contributed by atoms with van der Waals surface area (Å²) in [5, 5.41) is 0. The molecule has 0 unspecified atom stereocenters. The maximum absolute atomic E-state index is 11.6. The zero-order valence-electron chi connectivity index (χ0n) is 13.2. The number of aryl methyl sites for hydroxylation is 1. The molecule has 0 bridgehead atoms. The van der Waals surface area contributed by atoms with Crippen molar-refractivity contribution in [2.45, 2.75) is 45.2 Å². The van der Waals surface area contributed by atoms with E-state index in [0.717, 1.165) is 38.3 Å². The Bertz CT molecular complexity index is 498. The Morgan fingerprint density at radius 3 is 2.90 bits per heavy atom. The summed E-state index contributed by atoms with van der Waals surface area (Å²) >= 11 is 0. The molecule has 1 aromatic heterocycles. The van der Waals surface area contributed by atoms with Gasteiger partial charge in [-0.25, -0.2) is 4.98 Å². The molecule has 2 fully saturated rings. The van der Waals surface area contributed by atoms with Gasteiger partial charge in [-0.1, -0.05) is 6.42 Å². The summed E-state index contributed by atoms with van der Waals surface area (Å²) in [4.78, 5) is 20.8. The molecule has 0 aliphatic carbocycles. The van der Waals surface area contributed by atoms with Crippen LogP contribution < -0.4 is 0 Å². The van der Waals surface area contributed by atoms with Gasteiger partial charge < -0.3 is 9.47 Å². The lowest BCUT2D eigenvalue weighted by Crippen LogP contribution is -2.51. The first kappa shape index (κ1) is 14.6. The summed E-state index contributed by atoms with van der Waals surface area (Å²) in [6, 6.07) is 0.616. The maximum Gasteiger partial charge on any atom is 0.219 e. The molecule has 0 saturated carbocycles. The van der Waals surface area contributed by atoms with Crippen molar-refractivity contribution < 1.29 is 4.79 Å². The Morgan fingerprint density at radius 1 is 1.33 bits per heavy atom. The van der Waals surface area contributed by atoms with Crippen LogP contribution in [0.15, 0.2) is 12.5 Å². The van der Waals surface area contributed by atoms with E-state index in [4.69, 9.17) is 0 Å². The zero-order chi connectivity index (χ0) is 14.8. The molecule has 5 heteroatoms. The van der Waals surface area contributed by atoms with E-state index in [-0.39, 0.29) is 5.91 Å². The predicted octanol–water partition coefficient (Wildman–Crippen LogP) is 1.64. The van der Waals surface area contributed by atoms with E-state index in [0.29, 0.717) is 12.0 Å². The zero-order valence-corrected chi connectivity index (χ0v) is 13.2. The fourth-order valence-corrected chi connectivity index (χ4v) is 3.91. The number of hydrogen-bond donors (Lipinski definition) is 0. The highest BCUT2D eigenvalue weighted by atomic mass is 16.2. The van der Waals surface area contributed by atoms with Gasteiger partial charge in [0.2, 0.25) is 5.91 Å². The van der Waals surface area contributed by atoms with Crippen LogP contribution in [0.25, 0.3) is 0 Å². The molecule has 2 aliphatic rings. The average molecular weight is 290 g/mol. The average Bonchev–Trinajstić information content (AvgIpc) is 2.76. The highest BCUT2D eigenvalue weighted by molar-refractivity contribution is 5.73. The van der Waals surface area contributed by atoms with Gasteiger partial charge in [-0.3, -0.25) is 9.69 Å². The monoisotopic (exact) mass is 290 g/mol. The molecular formula is C16H26N4O. The maximum atomic E-state index is 11.6. The van der Waals surface area contributed by atoms with Gasteiger partial charge in [0, 0.05) is 45.8 Å². The van der Waals surface area contributed by atoms with E-state index in [1.165, 1.54) is 19.3 Å². The van der Waals surface area contributed by atoms with Crippen LogP contribution in [-0.2, 0) is 18.4 Å². The molecule has 2 saturated heterocycles. The molecule has 1 aromatic rings. The summed E-state index contributed by atoms with van der Waals surface area (Å²) in [5.41, 5.74) is 1.16. The Hall–Kier alpha value is -1.36. The molecule has 0 aromatic carbocycles. The summed E-state index contributed by atoms with van der Waals surface area (Å²) in [6.45, 7) is 5.66. The van der Waals surface area contributed by atoms with Crippen molar-refractivity contribution in [3.05, 3.63) is 18.2 Å². The van der Waals surface area contributed by atoms with Gasteiger partial charge in [0.25, 0.3) is 0 Å². The molecule has 116 valence electrons. The number of carbonyl (C=O) groups is 1. The Morgan fingerprint density at radius 2 is 2.19 bits per heavy atom. The molecule has 5 nitrogen and oxygen atoms in total. The molecule has 2 atom stereocenters. The van der Waals surface area contributed by atoms with Gasteiger partial charge in [0.15, 0.2) is 0 Å². The second-order valence-corrected chi connectivity index (χ2v) is 6.58. The third kappa shape index (κ3) is 3.28. The van der Waals surface area contributed by atoms with Crippen molar-refractivity contribution in [3.63, 3.8) is 0 Å². The molecule has 3 rings (SSSR count). The quantitative estimate of drug-likeness (QED) is 0.831. The number of aromatic nitrogens is 2. The third-order valence-electron chi connectivity index (χ3n) is 5.00. The van der Waals surface area contributed by atoms with Crippen molar-refractivity contribution in [1.29, 1.82) is 0 Å². The normalized spacial score (nSPS) is 27.2. The third-order valence-corrected chi connectivity index (χ3v) is 5.00. The van der Waals surface area contributed by atoms with Gasteiger partial charge in [0.1, 0.15) is 0 Å². The fraction of sp³-hybridized carbons (Fsp3) is 0.750. The Labute approximate surface area is 126 Å². The summed E-state index contributed by atoms with van der Waals surface area (Å²) in [5.74, 6) is 0.864. The number of imidazole rings is 1. The van der Waals surface area contributed by atoms with Crippen molar-refractivity contribution >= 4 is 5.91 Å². The number of likely N-dealkylation sites (tertiary alicyclic amines) is 2. The largest absolute Gasteiger partial charge is 0.343 e. The van der Waals surface area contributed by atoms with E-state index < -0.39 is 0 Å². The highest BCUT2D eigenvalue weighted by Gasteiger charge is 2.35. The van der Waals surface area contributed by atoms with Crippen LogP contribution in [0, 0.1) is 5.92 Å². The summed E-state index contributed by atoms with van der Waals surface area (Å²) in [6.07, 6.45) is 8.91. The van der Waals surface area contributed by atoms with Crippen LogP contribution in [0.4, 0.5) is 0 Å². The molecular weight excluding hydrogens is 264 g/mol. The number of rotatable bonds is 2. The first-order chi connectivity index (χ1) is 10.1. The number of piperidine rings is 1. The van der Waals surface area contributed by atoms with Crippen molar-refractivity contribution in [2.75, 3.05) is 19.6 Å². The fourth-order valence-electron chi connectivity index (χ4n) is 3.91. The molecule has 0 radical (unpaired) electrons. The molecule has 3 heterocycles. The number of carbonyl (C=O) groups excluding carboxylic acids is 1. The minimum atomic E-state index is 0.231. The first-order valence-electron chi connectivity index (χ1n) is 8.10. The lowest BCUT2D eigenvalue weighted by Gasteiger charge is -2.42. The second-order valence-electron chi connectivity index (χ2n) is 6.58. The standard InChI is InChI=1S/C16H26N4O/c1-13(21)19-8-6-16-14(9-19)5-3-4-7-20(16)11-15-10-18(2)12-17-15/h10,12,14,16H,3-9,11H2,1-2H3/t14-,16-/m1/s1. The molecule has 1 amide bonds. The molecule has 21 heavy (non-hydrogen) atoms. The SMILES string of the molecule is CC(=O)N1CC[C@@H]2[C@H](CCCCN2Cc2cn(C)cn2)C1. The number of hydrogen-bond acceptors (Lipinski definition) is 3. The second kappa shape index (κ2) is 6.18. The number of nitrogens with zero attached hydrogens (tertiary/aromatic N) is 4. The highest BCUT2D eigenvalue weighted by Crippen LogP contribution is 2.30. The van der Waals surface area contributed by atoms with Gasteiger partial charge in [0.05, 0.1) is 12.0 Å². The molecule has 0 spiro atoms. The minimum absolute atomic E-state index is 0.231. The van der Waals surface area contributed by atoms with Gasteiger partial charge in [-0.05, 0) is 31.7 Å². The van der Waals surface area contributed by atoms with Gasteiger partial charge >= 0.3 is 0 Å². The Kier molecular flexibility index (Phi) is 4.29. The van der Waals surface area contributed by atoms with E-state index in [1.54, 1.807) is 6.92 Å². The van der Waals surface area contributed by atoms with Crippen molar-refractivity contribution in [2.24, 2.45) is 13.0 Å². The summed E-state index contributed by atoms with van der Waals surface area (Å²) in [7, 11) is 2.02. The molecule has 2 aliphatic heterocycles. The minimum Gasteiger partial charge on any atom is -0.343 e. The van der Waals surface area contributed by atoms with Gasteiger partial charge in [-0.15, -0.1) is 0 Å². The van der Waals surface area contributed by atoms with Crippen LogP contribution in [0.3, 0.4) is 0 Å². The molecule has 0 N–H and O–H groups in total. The van der Waals surface area contributed by atoms with E-state index in [9.17, 15) is 4.79 Å². The van der Waals surface area contributed by atoms with Gasteiger partial charge in [-0.2, -0.15) is 0 Å².